The maximum absolute atomic E-state index is 11.7. The minimum atomic E-state index is -0.0848. The Morgan fingerprint density at radius 2 is 0.899 bits per heavy atom. The van der Waals surface area contributed by atoms with Crippen molar-refractivity contribution in [1.29, 1.82) is 0 Å². The molecule has 1 amide bonds. The van der Waals surface area contributed by atoms with Crippen molar-refractivity contribution in [3.05, 3.63) is 128 Å². The van der Waals surface area contributed by atoms with Gasteiger partial charge in [-0.1, -0.05) is 39.3 Å². The first-order chi connectivity index (χ1) is 56.2. The number of aromatic nitrogens is 12. The minimum absolute atomic E-state index is 0. The van der Waals surface area contributed by atoms with Gasteiger partial charge in [0.15, 0.2) is 11.5 Å². The Morgan fingerprint density at radius 1 is 0.420 bits per heavy atom. The van der Waals surface area contributed by atoms with Gasteiger partial charge in [0.25, 0.3) is 11.1 Å². The quantitative estimate of drug-likeness (QED) is 0.0899. The van der Waals surface area contributed by atoms with E-state index in [1.54, 1.807) is 27.4 Å². The van der Waals surface area contributed by atoms with Crippen molar-refractivity contribution in [2.75, 3.05) is 91.6 Å². The van der Waals surface area contributed by atoms with Gasteiger partial charge in [0.2, 0.25) is 5.91 Å². The minimum Gasteiger partial charge on any atom is -0.382 e. The summed E-state index contributed by atoms with van der Waals surface area (Å²) in [7, 11) is 1.78. The second-order valence-electron chi connectivity index (χ2n) is 35.2. The van der Waals surface area contributed by atoms with Gasteiger partial charge in [-0.3, -0.25) is 82.7 Å². The average molecular weight is 1670 g/mol. The van der Waals surface area contributed by atoms with E-state index in [-0.39, 0.29) is 27.4 Å². The molecule has 29 nitrogen and oxygen atoms in total. The van der Waals surface area contributed by atoms with Gasteiger partial charge in [-0.2, -0.15) is 15.4 Å². The van der Waals surface area contributed by atoms with Gasteiger partial charge in [0.1, 0.15) is 17.5 Å². The van der Waals surface area contributed by atoms with E-state index in [0.717, 1.165) is 220 Å². The zero-order valence-corrected chi connectivity index (χ0v) is 78.5. The molecule has 0 unspecified atom stereocenters. The fourth-order valence-electron chi connectivity index (χ4n) is 16.5. The van der Waals surface area contributed by atoms with Crippen LogP contribution >= 0.6 is 0 Å². The predicted molar refractivity (Wildman–Crippen MR) is 479 cm³/mol. The predicted octanol–water partition coefficient (Wildman–Crippen LogP) is 11.5. The van der Waals surface area contributed by atoms with E-state index in [1.165, 1.54) is 79.1 Å². The first kappa shape index (κ1) is 101. The molecule has 0 aliphatic carbocycles. The maximum Gasteiger partial charge on any atom is 0.343 e. The van der Waals surface area contributed by atoms with Crippen molar-refractivity contribution in [2.45, 2.75) is 345 Å². The molecule has 0 spiro atoms. The number of fused-ring (bicyclic) bond motifs is 6. The number of carbonyl (C=O) groups excluding carboxylic acids is 1. The lowest BCUT2D eigenvalue weighted by Gasteiger charge is -2.31. The normalized spacial score (nSPS) is 18.8. The molecule has 6 aromatic heterocycles. The number of aryl methyl sites for hydroxylation is 4. The van der Waals surface area contributed by atoms with Gasteiger partial charge in [0.05, 0.1) is 55.2 Å². The highest BCUT2D eigenvalue weighted by atomic mass is 19.0. The van der Waals surface area contributed by atoms with Crippen LogP contribution in [0.25, 0.3) is 0 Å². The standard InChI is InChI=1S/C11H18N2.C10H17N3O.C10H17N3.2C10H16N2O.C9H16N4.C9H14N2O2.C8H14N4O.C8H17N.2C2H6.FH/c1-8(2)13-5-4-11-9(3)12-6-10(11)7-13;1-7(2)13-5-4-9-8(6-13)10(14)12(3)11-9;1-7(2)13-5-4-10-9(6-13)8(3)11-12-10;1-7(2)12-5-4-9-8(3)11-13-10(9)6-12;1-7(2)12-4-3-9-8(6-12)5-11-10(9)13;1-7(2)12-4-5-13-8(3)10-11-9(13)6-12;1-6(2)11-4-3-7-8(5-11)13-10-9(7)12;1-6(2)11-3-4-12-7(5-11)9-10-8(12)13;1-8(2)9-6-4-3-5-7-9;2*1-2;/h8H,4-7H2,1-3H3;7,11H,4-6H2,1-3H3;7H,4-6H2,1-3H3,(H,11,12);7H,4-6H2,1-3H3;7H,3-6H2,1-2H3,(H,11,13);7H,4-6H2,1-3H3;6H,3-5H2,1-2H3,(H,10,12);6H,3-5H2,1-2H3,(H,10,13);8H,3-7H2,1-2H3;2*1-2H3;1H. The van der Waals surface area contributed by atoms with Gasteiger partial charge in [-0.25, -0.2) is 9.89 Å². The van der Waals surface area contributed by atoms with Gasteiger partial charge in [0, 0.05) is 206 Å². The molecule has 0 bridgehead atoms. The van der Waals surface area contributed by atoms with Gasteiger partial charge in [-0.05, 0) is 221 Å². The van der Waals surface area contributed by atoms with Crippen molar-refractivity contribution in [3.8, 4) is 0 Å². The lowest BCUT2D eigenvalue weighted by atomic mass is 9.98. The van der Waals surface area contributed by atoms with Crippen molar-refractivity contribution >= 4 is 11.6 Å². The Bertz CT molecular complexity index is 4180. The molecule has 1 fully saturated rings. The van der Waals surface area contributed by atoms with Crippen molar-refractivity contribution in [3.63, 3.8) is 0 Å². The molecule has 17 heterocycles. The van der Waals surface area contributed by atoms with E-state index in [0.29, 0.717) is 48.3 Å². The second kappa shape index (κ2) is 48.5. The largest absolute Gasteiger partial charge is 0.382 e. The van der Waals surface area contributed by atoms with E-state index in [4.69, 9.17) is 9.05 Å². The summed E-state index contributed by atoms with van der Waals surface area (Å²) in [6, 6.07) is 5.41. The topological polar surface area (TPSA) is 291 Å². The Hall–Kier alpha value is -7.29. The zero-order chi connectivity index (χ0) is 86.9. The number of rotatable bonds is 9. The third-order valence-electron chi connectivity index (χ3n) is 24.7. The van der Waals surface area contributed by atoms with Crippen LogP contribution in [0.15, 0.2) is 50.7 Å². The molecule has 0 aromatic carbocycles. The van der Waals surface area contributed by atoms with E-state index in [1.807, 2.05) is 41.5 Å². The molecule has 119 heavy (non-hydrogen) atoms. The summed E-state index contributed by atoms with van der Waals surface area (Å²) >= 11 is 0. The molecule has 0 radical (unpaired) electrons. The lowest BCUT2D eigenvalue weighted by Crippen LogP contribution is -2.40. The van der Waals surface area contributed by atoms with Crippen LogP contribution in [0, 0.1) is 20.8 Å². The van der Waals surface area contributed by atoms with Crippen molar-refractivity contribution < 1.29 is 18.5 Å². The number of H-pyrrole nitrogens is 4. The average Bonchev–Trinajstić information content (AvgIpc) is 1.65. The number of nitrogens with zero attached hydrogens (tertiary/aromatic N) is 18. The Kier molecular flexibility index (Phi) is 41.0. The van der Waals surface area contributed by atoms with Crippen LogP contribution in [0.5, 0.6) is 0 Å². The molecule has 5 N–H and O–H groups in total. The number of carbonyl (C=O) groups is 1. The summed E-state index contributed by atoms with van der Waals surface area (Å²) in [6.07, 6.45) is 10.4. The summed E-state index contributed by atoms with van der Waals surface area (Å²) < 4.78 is 15.9. The highest BCUT2D eigenvalue weighted by molar-refractivity contribution is 6.01. The summed E-state index contributed by atoms with van der Waals surface area (Å²) in [6.45, 7) is 78.3. The molecule has 17 rings (SSSR count). The smallest absolute Gasteiger partial charge is 0.343 e. The van der Waals surface area contributed by atoms with Gasteiger partial charge < -0.3 is 23.8 Å². The van der Waals surface area contributed by atoms with E-state index in [2.05, 4.69) is 243 Å². The molecule has 11 aliphatic rings. The second-order valence-corrected chi connectivity index (χ2v) is 35.2. The van der Waals surface area contributed by atoms with Crippen LogP contribution < -0.4 is 22.1 Å². The SMILES string of the molecule is CC.CC.CC(C)N1CCC2=C(CNC2=O)C1.CC(C)N1CCCCC1.CC(C)N1CCc2[nH]n(C)c(=O)c2C1.CC(C)N1CCc2c(o[nH]c2=O)C1.CC(C)N1CCn2c(n[nH]c2=O)C1.CC1=NCC2=C1CCN(C(C)C)C2.Cc1[nH]nc2c1CN(C(C)C)CC2.Cc1nnc2n1CCN(C(C)C)C2.Cc1noc2c1CCN(C(C)C)C2.F. The van der Waals surface area contributed by atoms with Crippen molar-refractivity contribution in [2.24, 2.45) is 12.0 Å². The summed E-state index contributed by atoms with van der Waals surface area (Å²) in [4.78, 5) is 71.6. The first-order valence-electron chi connectivity index (χ1n) is 45.0. The van der Waals surface area contributed by atoms with Crippen molar-refractivity contribution in [1.82, 2.24) is 109 Å². The number of hydrogen-bond donors (Lipinski definition) is 5. The number of piperidine rings is 1. The molecular weight excluding hydrogens is 1510 g/mol. The number of halogens is 1. The van der Waals surface area contributed by atoms with Crippen LogP contribution in [0.3, 0.4) is 0 Å². The number of likely N-dealkylation sites (tertiary alicyclic amines) is 1. The van der Waals surface area contributed by atoms with Gasteiger partial charge >= 0.3 is 5.69 Å². The third-order valence-corrected chi connectivity index (χ3v) is 24.7. The molecule has 6 aromatic rings. The number of aliphatic imine (C=N–C) groups is 1. The molecular formula is C89H158FN23O6. The molecule has 30 heteroatoms. The van der Waals surface area contributed by atoms with Crippen LogP contribution in [-0.4, -0.2) is 262 Å². The van der Waals surface area contributed by atoms with Crippen LogP contribution in [0.2, 0.25) is 0 Å². The highest BCUT2D eigenvalue weighted by Gasteiger charge is 2.32. The van der Waals surface area contributed by atoms with E-state index >= 15 is 0 Å². The maximum atomic E-state index is 11.7. The van der Waals surface area contributed by atoms with Crippen LogP contribution in [0.1, 0.15) is 265 Å². The summed E-state index contributed by atoms with van der Waals surface area (Å²) in [5.74, 6) is 5.04. The summed E-state index contributed by atoms with van der Waals surface area (Å²) in [5.41, 5.74) is 16.0. The van der Waals surface area contributed by atoms with Crippen LogP contribution in [0.4, 0.5) is 4.70 Å². The lowest BCUT2D eigenvalue weighted by molar-refractivity contribution is -0.116. The van der Waals surface area contributed by atoms with Gasteiger partial charge in [-0.15, -0.1) is 10.2 Å². The summed E-state index contributed by atoms with van der Waals surface area (Å²) in [5, 5.41) is 34.4. The zero-order valence-electron chi connectivity index (χ0n) is 78.5. The molecule has 0 atom stereocenters. The number of amides is 1. The molecule has 0 saturated carbocycles. The molecule has 11 aliphatic heterocycles. The van der Waals surface area contributed by atoms with Crippen LogP contribution in [-0.2, 0) is 89.9 Å². The fraction of sp³-hybridized carbons (Fsp3) is 0.753. The third kappa shape index (κ3) is 28.1. The molecule has 1 saturated heterocycles. The Labute approximate surface area is 711 Å². The monoisotopic (exact) mass is 1660 g/mol. The number of aromatic amines is 4. The highest BCUT2D eigenvalue weighted by Crippen LogP contribution is 2.28. The number of hydrogen-bond acceptors (Lipinski definition) is 21. The molecule has 672 valence electrons. The first-order valence-corrected chi connectivity index (χ1v) is 45.0. The Morgan fingerprint density at radius 3 is 1.47 bits per heavy atom. The Balaban J connectivity index is 0.000000207. The fourth-order valence-corrected chi connectivity index (χ4v) is 16.5. The van der Waals surface area contributed by atoms with E-state index in [9.17, 15) is 19.2 Å². The van der Waals surface area contributed by atoms with E-state index < -0.39 is 0 Å². The number of nitrogens with one attached hydrogen (secondary N) is 5.